The number of ether oxygens (including phenoxy) is 1. The minimum Gasteiger partial charge on any atom is -0.490 e. The van der Waals surface area contributed by atoms with Crippen molar-refractivity contribution in [1.82, 2.24) is 19.5 Å². The maximum absolute atomic E-state index is 9.88. The lowest BCUT2D eigenvalue weighted by atomic mass is 10.1. The number of hydrogen-bond donors (Lipinski definition) is 3. The number of fused-ring (bicyclic) bond motifs is 1. The van der Waals surface area contributed by atoms with E-state index < -0.39 is 12.7 Å². The summed E-state index contributed by atoms with van der Waals surface area (Å²) in [6.45, 7) is 2.68. The van der Waals surface area contributed by atoms with Crippen molar-refractivity contribution in [3.8, 4) is 23.2 Å². The van der Waals surface area contributed by atoms with Crippen LogP contribution in [0.4, 0.5) is 5.82 Å². The molecule has 2 aromatic carbocycles. The number of aryl methyl sites for hydroxylation is 1. The first kappa shape index (κ1) is 25.9. The Kier molecular flexibility index (Phi) is 7.74. The predicted octanol–water partition coefficient (Wildman–Crippen LogP) is 4.32. The molecule has 0 spiro atoms. The van der Waals surface area contributed by atoms with Crippen LogP contribution in [0.2, 0.25) is 5.02 Å². The summed E-state index contributed by atoms with van der Waals surface area (Å²) in [5.74, 6) is 2.44. The van der Waals surface area contributed by atoms with Crippen LogP contribution in [0.3, 0.4) is 0 Å². The zero-order valence-corrected chi connectivity index (χ0v) is 21.8. The number of benzene rings is 2. The summed E-state index contributed by atoms with van der Waals surface area (Å²) in [7, 11) is 0. The molecule has 196 valence electrons. The van der Waals surface area contributed by atoms with E-state index in [9.17, 15) is 15.5 Å². The summed E-state index contributed by atoms with van der Waals surface area (Å²) in [6, 6.07) is 15.3. The van der Waals surface area contributed by atoms with Gasteiger partial charge in [0, 0.05) is 18.1 Å². The highest BCUT2D eigenvalue weighted by atomic mass is 35.5. The van der Waals surface area contributed by atoms with Crippen molar-refractivity contribution in [3.05, 3.63) is 64.4 Å². The Balaban J connectivity index is 1.66. The Labute approximate surface area is 225 Å². The number of hydrogen-bond acceptors (Lipinski definition) is 8. The van der Waals surface area contributed by atoms with Crippen molar-refractivity contribution in [2.45, 2.75) is 38.8 Å². The number of aliphatic hydroxyl groups excluding tert-OH is 2. The van der Waals surface area contributed by atoms with Gasteiger partial charge in [-0.1, -0.05) is 48.2 Å². The van der Waals surface area contributed by atoms with Crippen molar-refractivity contribution in [2.75, 3.05) is 25.1 Å². The molecule has 2 aromatic heterocycles. The van der Waals surface area contributed by atoms with Crippen LogP contribution >= 0.6 is 11.6 Å². The smallest absolute Gasteiger partial charge is 0.236 e. The second kappa shape index (κ2) is 11.4. The predicted molar refractivity (Wildman–Crippen MR) is 145 cm³/mol. The van der Waals surface area contributed by atoms with Gasteiger partial charge in [-0.3, -0.25) is 0 Å². The number of nitrogens with one attached hydrogen (secondary N) is 1. The minimum atomic E-state index is -1.01. The second-order valence-electron chi connectivity index (χ2n) is 9.63. The monoisotopic (exact) mass is 532 g/mol. The van der Waals surface area contributed by atoms with Crippen molar-refractivity contribution in [3.63, 3.8) is 0 Å². The maximum atomic E-state index is 9.88. The van der Waals surface area contributed by atoms with Crippen molar-refractivity contribution in [1.29, 1.82) is 5.26 Å². The van der Waals surface area contributed by atoms with Crippen LogP contribution in [0.25, 0.3) is 22.6 Å². The Morgan fingerprint density at radius 1 is 1.18 bits per heavy atom. The summed E-state index contributed by atoms with van der Waals surface area (Å²) < 4.78 is 7.92. The molecule has 9 nitrogen and oxygen atoms in total. The Morgan fingerprint density at radius 3 is 2.68 bits per heavy atom. The molecule has 3 N–H and O–H groups in total. The van der Waals surface area contributed by atoms with E-state index in [0.717, 1.165) is 30.0 Å². The third-order valence-electron chi connectivity index (χ3n) is 6.52. The van der Waals surface area contributed by atoms with Gasteiger partial charge in [-0.05, 0) is 49.1 Å². The Bertz CT molecular complexity index is 1480. The van der Waals surface area contributed by atoms with Crippen LogP contribution in [0.1, 0.15) is 36.2 Å². The largest absolute Gasteiger partial charge is 0.490 e. The lowest BCUT2D eigenvalue weighted by Gasteiger charge is -2.16. The van der Waals surface area contributed by atoms with Gasteiger partial charge in [0.05, 0.1) is 12.2 Å². The molecule has 0 aliphatic heterocycles. The molecule has 1 aliphatic carbocycles. The molecule has 4 aromatic rings. The molecule has 5 rings (SSSR count). The second-order valence-corrected chi connectivity index (χ2v) is 10.1. The summed E-state index contributed by atoms with van der Waals surface area (Å²) >= 11 is 6.14. The van der Waals surface area contributed by atoms with Crippen molar-refractivity contribution < 1.29 is 14.9 Å². The molecule has 0 saturated heterocycles. The highest BCUT2D eigenvalue weighted by Gasteiger charge is 2.24. The summed E-state index contributed by atoms with van der Waals surface area (Å²) in [5.41, 5.74) is 3.77. The number of halogens is 1. The highest BCUT2D eigenvalue weighted by molar-refractivity contribution is 6.30. The zero-order chi connectivity index (χ0) is 26.6. The third-order valence-corrected chi connectivity index (χ3v) is 6.77. The number of imidazole rings is 1. The average molecular weight is 533 g/mol. The first-order chi connectivity index (χ1) is 18.4. The van der Waals surface area contributed by atoms with Gasteiger partial charge in [0.2, 0.25) is 5.82 Å². The SMILES string of the molecule is Cc1ccc(OC[C@H](O)CO)c(-c2nc3nc(C#N)nc(NCCC4CC4)c3n2Cc2ccc(Cl)cc2)c1. The van der Waals surface area contributed by atoms with Gasteiger partial charge in [0.1, 0.15) is 35.9 Å². The summed E-state index contributed by atoms with van der Waals surface area (Å²) in [5, 5.41) is 32.8. The molecular formula is C28H29ClN6O3. The molecule has 0 radical (unpaired) electrons. The van der Waals surface area contributed by atoms with E-state index in [1.807, 2.05) is 54.0 Å². The molecule has 0 bridgehead atoms. The van der Waals surface area contributed by atoms with Crippen LogP contribution in [-0.4, -0.2) is 55.6 Å². The van der Waals surface area contributed by atoms with Gasteiger partial charge in [-0.15, -0.1) is 0 Å². The van der Waals surface area contributed by atoms with Gasteiger partial charge in [0.25, 0.3) is 0 Å². The quantitative estimate of drug-likeness (QED) is 0.260. The van der Waals surface area contributed by atoms with Crippen LogP contribution in [-0.2, 0) is 6.54 Å². The van der Waals surface area contributed by atoms with Gasteiger partial charge in [0.15, 0.2) is 11.5 Å². The van der Waals surface area contributed by atoms with E-state index in [0.29, 0.717) is 45.7 Å². The fourth-order valence-electron chi connectivity index (χ4n) is 4.33. The standard InChI is InChI=1S/C28H29ClN6O3/c1-17-2-9-23(38-16-21(37)15-36)22(12-17)28-34-27-25(35(28)14-19-5-7-20(29)8-6-19)26(32-24(13-30)33-27)31-11-10-18-3-4-18/h2,5-9,12,18,21,36-37H,3-4,10-11,14-16H2,1H3,(H,31,32,33)/t21-/m1/s1. The summed E-state index contributed by atoms with van der Waals surface area (Å²) in [4.78, 5) is 13.8. The highest BCUT2D eigenvalue weighted by Crippen LogP contribution is 2.36. The zero-order valence-electron chi connectivity index (χ0n) is 21.1. The normalized spacial score (nSPS) is 13.9. The van der Waals surface area contributed by atoms with Crippen molar-refractivity contribution >= 4 is 28.6 Å². The molecule has 2 heterocycles. The summed E-state index contributed by atoms with van der Waals surface area (Å²) in [6.07, 6.45) is 2.53. The van der Waals surface area contributed by atoms with Gasteiger partial charge < -0.3 is 24.8 Å². The number of aromatic nitrogens is 4. The average Bonchev–Trinajstić information content (AvgIpc) is 3.68. The maximum Gasteiger partial charge on any atom is 0.236 e. The van der Waals surface area contributed by atoms with Crippen molar-refractivity contribution in [2.24, 2.45) is 5.92 Å². The molecule has 1 saturated carbocycles. The Hall–Kier alpha value is -3.71. The fraction of sp³-hybridized carbons (Fsp3) is 0.357. The number of aliphatic hydroxyl groups is 2. The molecule has 38 heavy (non-hydrogen) atoms. The van der Waals surface area contributed by atoms with Gasteiger partial charge in [-0.2, -0.15) is 15.2 Å². The number of nitriles is 1. The minimum absolute atomic E-state index is 0.0425. The molecule has 0 unspecified atom stereocenters. The number of nitrogens with zero attached hydrogens (tertiary/aromatic N) is 5. The molecule has 1 aliphatic rings. The Morgan fingerprint density at radius 2 is 1.97 bits per heavy atom. The molecule has 1 atom stereocenters. The van der Waals surface area contributed by atoms with E-state index in [4.69, 9.17) is 21.3 Å². The number of rotatable bonds is 11. The van der Waals surface area contributed by atoms with E-state index in [-0.39, 0.29) is 12.4 Å². The lowest BCUT2D eigenvalue weighted by molar-refractivity contribution is 0.0538. The van der Waals surface area contributed by atoms with E-state index in [1.165, 1.54) is 12.8 Å². The van der Waals surface area contributed by atoms with Crippen LogP contribution in [0, 0.1) is 24.2 Å². The van der Waals surface area contributed by atoms with E-state index in [2.05, 4.69) is 21.4 Å². The molecule has 10 heteroatoms. The fourth-order valence-corrected chi connectivity index (χ4v) is 4.45. The van der Waals surface area contributed by atoms with E-state index >= 15 is 0 Å². The first-order valence-electron chi connectivity index (χ1n) is 12.6. The van der Waals surface area contributed by atoms with Crippen LogP contribution < -0.4 is 10.1 Å². The van der Waals surface area contributed by atoms with Crippen LogP contribution in [0.5, 0.6) is 5.75 Å². The topological polar surface area (TPSA) is 129 Å². The van der Waals surface area contributed by atoms with Gasteiger partial charge >= 0.3 is 0 Å². The van der Waals surface area contributed by atoms with Gasteiger partial charge in [-0.25, -0.2) is 4.98 Å². The van der Waals surface area contributed by atoms with Crippen LogP contribution in [0.15, 0.2) is 42.5 Å². The third kappa shape index (κ3) is 5.89. The lowest BCUT2D eigenvalue weighted by Crippen LogP contribution is -2.21. The van der Waals surface area contributed by atoms with E-state index in [1.54, 1.807) is 0 Å². The first-order valence-corrected chi connectivity index (χ1v) is 13.0. The number of anilines is 1. The molecule has 1 fully saturated rings. The molecular weight excluding hydrogens is 504 g/mol. The molecule has 0 amide bonds.